The minimum Gasteiger partial charge on any atom is -0.338 e. The van der Waals surface area contributed by atoms with Crippen molar-refractivity contribution >= 4 is 17.5 Å². The molecule has 1 heterocycles. The molecule has 98 valence electrons. The van der Waals surface area contributed by atoms with Gasteiger partial charge in [0.05, 0.1) is 0 Å². The van der Waals surface area contributed by atoms with Crippen molar-refractivity contribution in [1.29, 1.82) is 0 Å². The van der Waals surface area contributed by atoms with Crippen LogP contribution in [-0.4, -0.2) is 17.4 Å². The molecule has 2 rings (SSSR count). The zero-order valence-electron chi connectivity index (χ0n) is 11.3. The molecule has 2 nitrogen and oxygen atoms in total. The summed E-state index contributed by atoms with van der Waals surface area (Å²) >= 11 is 6.01. The third kappa shape index (κ3) is 3.26. The van der Waals surface area contributed by atoms with E-state index < -0.39 is 0 Å². The van der Waals surface area contributed by atoms with E-state index in [-0.39, 0.29) is 11.3 Å². The van der Waals surface area contributed by atoms with Gasteiger partial charge in [-0.05, 0) is 35.1 Å². The van der Waals surface area contributed by atoms with Crippen LogP contribution >= 0.6 is 11.6 Å². The van der Waals surface area contributed by atoms with Crippen LogP contribution in [0, 0.1) is 5.41 Å². The number of fused-ring (bicyclic) bond motifs is 1. The van der Waals surface area contributed by atoms with Crippen LogP contribution < -0.4 is 0 Å². The van der Waals surface area contributed by atoms with Crippen molar-refractivity contribution < 1.29 is 4.79 Å². The first-order valence-corrected chi connectivity index (χ1v) is 6.78. The maximum atomic E-state index is 12.2. The number of carbonyl (C=O) groups excluding carboxylic acids is 1. The van der Waals surface area contributed by atoms with Gasteiger partial charge in [0, 0.05) is 24.5 Å². The number of benzene rings is 1. The molecule has 1 aliphatic rings. The topological polar surface area (TPSA) is 20.3 Å². The molecule has 0 N–H and O–H groups in total. The number of nitrogens with zero attached hydrogens (tertiary/aromatic N) is 1. The third-order valence-electron chi connectivity index (χ3n) is 3.21. The lowest BCUT2D eigenvalue weighted by Gasteiger charge is -2.31. The van der Waals surface area contributed by atoms with E-state index in [1.54, 1.807) is 0 Å². The van der Waals surface area contributed by atoms with Gasteiger partial charge in [-0.2, -0.15) is 0 Å². The lowest BCUT2D eigenvalue weighted by Crippen LogP contribution is -2.37. The molecule has 0 spiro atoms. The molecule has 0 aliphatic carbocycles. The molecule has 0 aromatic heterocycles. The van der Waals surface area contributed by atoms with Crippen LogP contribution in [0.5, 0.6) is 0 Å². The van der Waals surface area contributed by atoms with Gasteiger partial charge >= 0.3 is 0 Å². The van der Waals surface area contributed by atoms with Gasteiger partial charge in [-0.15, -0.1) is 0 Å². The van der Waals surface area contributed by atoms with Crippen LogP contribution in [0.2, 0.25) is 5.02 Å². The Morgan fingerprint density at radius 3 is 2.72 bits per heavy atom. The maximum absolute atomic E-state index is 12.2. The van der Waals surface area contributed by atoms with Crippen molar-refractivity contribution in [3.8, 4) is 0 Å². The van der Waals surface area contributed by atoms with Gasteiger partial charge < -0.3 is 4.90 Å². The zero-order valence-corrected chi connectivity index (χ0v) is 12.0. The molecule has 0 radical (unpaired) electrons. The lowest BCUT2D eigenvalue weighted by atomic mass is 9.91. The number of amides is 1. The zero-order chi connectivity index (χ0) is 13.3. The number of hydrogen-bond acceptors (Lipinski definition) is 1. The van der Waals surface area contributed by atoms with Crippen molar-refractivity contribution in [2.24, 2.45) is 5.41 Å². The van der Waals surface area contributed by atoms with E-state index in [0.29, 0.717) is 13.0 Å². The normalized spacial score (nSPS) is 15.4. The van der Waals surface area contributed by atoms with Gasteiger partial charge in [0.25, 0.3) is 0 Å². The van der Waals surface area contributed by atoms with Gasteiger partial charge in [-0.25, -0.2) is 0 Å². The highest BCUT2D eigenvalue weighted by Gasteiger charge is 2.24. The maximum Gasteiger partial charge on any atom is 0.223 e. The Hall–Kier alpha value is -1.02. The molecule has 0 atom stereocenters. The quantitative estimate of drug-likeness (QED) is 0.759. The van der Waals surface area contributed by atoms with Crippen LogP contribution in [-0.2, 0) is 17.8 Å². The Balaban J connectivity index is 2.09. The molecular weight excluding hydrogens is 246 g/mol. The summed E-state index contributed by atoms with van der Waals surface area (Å²) in [4.78, 5) is 14.1. The second-order valence-corrected chi connectivity index (χ2v) is 6.65. The SMILES string of the molecule is CC(C)(C)CC(=O)N1CCc2ccc(Cl)cc2C1. The van der Waals surface area contributed by atoms with Crippen molar-refractivity contribution in [2.45, 2.75) is 40.2 Å². The molecule has 0 saturated heterocycles. The first kappa shape index (κ1) is 13.4. The molecule has 1 aromatic rings. The first-order chi connectivity index (χ1) is 8.35. The Bertz CT molecular complexity index is 462. The van der Waals surface area contributed by atoms with Crippen molar-refractivity contribution in [2.75, 3.05) is 6.54 Å². The summed E-state index contributed by atoms with van der Waals surface area (Å²) in [7, 11) is 0. The van der Waals surface area contributed by atoms with E-state index in [0.717, 1.165) is 18.0 Å². The minimum absolute atomic E-state index is 0.0473. The molecule has 1 aliphatic heterocycles. The summed E-state index contributed by atoms with van der Waals surface area (Å²) in [6, 6.07) is 5.98. The monoisotopic (exact) mass is 265 g/mol. The fraction of sp³-hybridized carbons (Fsp3) is 0.533. The molecular formula is C15H20ClNO. The predicted octanol–water partition coefficient (Wildman–Crippen LogP) is 3.66. The van der Waals surface area contributed by atoms with E-state index in [1.807, 2.05) is 17.0 Å². The summed E-state index contributed by atoms with van der Waals surface area (Å²) in [5.74, 6) is 0.244. The molecule has 0 bridgehead atoms. The van der Waals surface area contributed by atoms with Crippen LogP contribution in [0.25, 0.3) is 0 Å². The minimum atomic E-state index is 0.0473. The lowest BCUT2D eigenvalue weighted by molar-refractivity contribution is -0.134. The van der Waals surface area contributed by atoms with Crippen molar-refractivity contribution in [3.05, 3.63) is 34.3 Å². The summed E-state index contributed by atoms with van der Waals surface area (Å²) in [5.41, 5.74) is 2.56. The fourth-order valence-corrected chi connectivity index (χ4v) is 2.50. The first-order valence-electron chi connectivity index (χ1n) is 6.40. The Morgan fingerprint density at radius 2 is 2.06 bits per heavy atom. The van der Waals surface area contributed by atoms with Crippen LogP contribution in [0.15, 0.2) is 18.2 Å². The van der Waals surface area contributed by atoms with E-state index in [1.165, 1.54) is 11.1 Å². The van der Waals surface area contributed by atoms with E-state index in [9.17, 15) is 4.79 Å². The Morgan fingerprint density at radius 1 is 1.33 bits per heavy atom. The third-order valence-corrected chi connectivity index (χ3v) is 3.45. The highest BCUT2D eigenvalue weighted by molar-refractivity contribution is 6.30. The second-order valence-electron chi connectivity index (χ2n) is 6.22. The van der Waals surface area contributed by atoms with Crippen LogP contribution in [0.4, 0.5) is 0 Å². The van der Waals surface area contributed by atoms with Gasteiger partial charge in [-0.1, -0.05) is 38.4 Å². The van der Waals surface area contributed by atoms with Crippen molar-refractivity contribution in [1.82, 2.24) is 4.90 Å². The highest BCUT2D eigenvalue weighted by atomic mass is 35.5. The average Bonchev–Trinajstić information content (AvgIpc) is 2.25. The summed E-state index contributed by atoms with van der Waals surface area (Å²) in [6.07, 6.45) is 1.53. The smallest absolute Gasteiger partial charge is 0.223 e. The van der Waals surface area contributed by atoms with E-state index in [4.69, 9.17) is 11.6 Å². The fourth-order valence-electron chi connectivity index (χ4n) is 2.30. The molecule has 3 heteroatoms. The Labute approximate surface area is 114 Å². The highest BCUT2D eigenvalue weighted by Crippen LogP contribution is 2.25. The van der Waals surface area contributed by atoms with Gasteiger partial charge in [-0.3, -0.25) is 4.79 Å². The molecule has 1 aromatic carbocycles. The molecule has 0 fully saturated rings. The number of rotatable bonds is 1. The molecule has 0 unspecified atom stereocenters. The van der Waals surface area contributed by atoms with Crippen LogP contribution in [0.3, 0.4) is 0 Å². The van der Waals surface area contributed by atoms with Crippen molar-refractivity contribution in [3.63, 3.8) is 0 Å². The number of hydrogen-bond donors (Lipinski definition) is 0. The molecule has 18 heavy (non-hydrogen) atoms. The predicted molar refractivity (Wildman–Crippen MR) is 74.6 cm³/mol. The van der Waals surface area contributed by atoms with E-state index >= 15 is 0 Å². The summed E-state index contributed by atoms with van der Waals surface area (Å²) in [6.45, 7) is 7.81. The van der Waals surface area contributed by atoms with E-state index in [2.05, 4.69) is 26.8 Å². The van der Waals surface area contributed by atoms with Gasteiger partial charge in [0.1, 0.15) is 0 Å². The van der Waals surface area contributed by atoms with Crippen LogP contribution in [0.1, 0.15) is 38.3 Å². The molecule has 1 amide bonds. The average molecular weight is 266 g/mol. The van der Waals surface area contributed by atoms with Gasteiger partial charge in [0.15, 0.2) is 0 Å². The standard InChI is InChI=1S/C15H20ClNO/c1-15(2,3)9-14(18)17-7-6-11-4-5-13(16)8-12(11)10-17/h4-5,8H,6-7,9-10H2,1-3H3. The Kier molecular flexibility index (Phi) is 3.67. The molecule has 0 saturated carbocycles. The largest absolute Gasteiger partial charge is 0.338 e. The number of carbonyl (C=O) groups is 1. The van der Waals surface area contributed by atoms with Gasteiger partial charge in [0.2, 0.25) is 5.91 Å². The number of halogens is 1. The second kappa shape index (κ2) is 4.93. The summed E-state index contributed by atoms with van der Waals surface area (Å²) < 4.78 is 0. The summed E-state index contributed by atoms with van der Waals surface area (Å²) in [5, 5.41) is 0.749.